The SMILES string of the molecule is C=CCNC(C)c1nccnc1-c1ccccn1. The molecule has 0 fully saturated rings. The standard InChI is InChI=1S/C14H16N4/c1-3-7-15-11(2)13-14(18-10-9-17-13)12-6-4-5-8-16-12/h3-6,8-11,15H,1,7H2,2H3. The first-order chi connectivity index (χ1) is 8.83. The van der Waals surface area contributed by atoms with Gasteiger partial charge in [0.1, 0.15) is 5.69 Å². The van der Waals surface area contributed by atoms with Gasteiger partial charge in [0.25, 0.3) is 0 Å². The van der Waals surface area contributed by atoms with Gasteiger partial charge in [0.15, 0.2) is 0 Å². The Morgan fingerprint density at radius 3 is 2.78 bits per heavy atom. The summed E-state index contributed by atoms with van der Waals surface area (Å²) in [6.45, 7) is 6.49. The number of nitrogens with zero attached hydrogens (tertiary/aromatic N) is 3. The van der Waals surface area contributed by atoms with Crippen LogP contribution in [0.15, 0.2) is 49.4 Å². The van der Waals surface area contributed by atoms with Gasteiger partial charge in [0.2, 0.25) is 0 Å². The van der Waals surface area contributed by atoms with Crippen LogP contribution in [0.5, 0.6) is 0 Å². The second kappa shape index (κ2) is 6.02. The van der Waals surface area contributed by atoms with Crippen molar-refractivity contribution in [2.24, 2.45) is 0 Å². The van der Waals surface area contributed by atoms with E-state index < -0.39 is 0 Å². The van der Waals surface area contributed by atoms with Crippen LogP contribution in [0.25, 0.3) is 11.4 Å². The van der Waals surface area contributed by atoms with Crippen molar-refractivity contribution >= 4 is 0 Å². The highest BCUT2D eigenvalue weighted by molar-refractivity contribution is 5.56. The summed E-state index contributed by atoms with van der Waals surface area (Å²) < 4.78 is 0. The molecule has 0 amide bonds. The summed E-state index contributed by atoms with van der Waals surface area (Å²) in [5, 5.41) is 3.31. The monoisotopic (exact) mass is 240 g/mol. The Kier molecular flexibility index (Phi) is 4.15. The smallest absolute Gasteiger partial charge is 0.112 e. The summed E-state index contributed by atoms with van der Waals surface area (Å²) in [6, 6.07) is 5.88. The van der Waals surface area contributed by atoms with E-state index in [2.05, 4.69) is 33.8 Å². The minimum absolute atomic E-state index is 0.105. The molecule has 0 aromatic carbocycles. The lowest BCUT2D eigenvalue weighted by Gasteiger charge is -2.14. The number of hydrogen-bond acceptors (Lipinski definition) is 4. The summed E-state index contributed by atoms with van der Waals surface area (Å²) >= 11 is 0. The molecule has 92 valence electrons. The van der Waals surface area contributed by atoms with Crippen LogP contribution < -0.4 is 5.32 Å². The van der Waals surface area contributed by atoms with Gasteiger partial charge in [-0.15, -0.1) is 6.58 Å². The number of hydrogen-bond donors (Lipinski definition) is 1. The first kappa shape index (κ1) is 12.4. The van der Waals surface area contributed by atoms with E-state index in [0.717, 1.165) is 23.6 Å². The van der Waals surface area contributed by atoms with Crippen LogP contribution in [0.3, 0.4) is 0 Å². The average Bonchev–Trinajstić information content (AvgIpc) is 2.45. The summed E-state index contributed by atoms with van der Waals surface area (Å²) in [7, 11) is 0. The topological polar surface area (TPSA) is 50.7 Å². The second-order valence-corrected chi connectivity index (χ2v) is 3.92. The number of rotatable bonds is 5. The lowest BCUT2D eigenvalue weighted by Crippen LogP contribution is -2.20. The fourth-order valence-electron chi connectivity index (χ4n) is 1.72. The third-order valence-electron chi connectivity index (χ3n) is 2.61. The number of nitrogens with one attached hydrogen (secondary N) is 1. The molecule has 0 aliphatic rings. The Bertz CT molecular complexity index is 510. The van der Waals surface area contributed by atoms with Crippen LogP contribution in [0.2, 0.25) is 0 Å². The van der Waals surface area contributed by atoms with Crippen LogP contribution in [0, 0.1) is 0 Å². The lowest BCUT2D eigenvalue weighted by molar-refractivity contribution is 0.600. The van der Waals surface area contributed by atoms with Crippen molar-refractivity contribution in [2.75, 3.05) is 6.54 Å². The molecule has 2 aromatic heterocycles. The minimum atomic E-state index is 0.105. The first-order valence-electron chi connectivity index (χ1n) is 5.89. The molecule has 0 bridgehead atoms. The molecule has 0 aliphatic heterocycles. The van der Waals surface area contributed by atoms with Crippen molar-refractivity contribution in [3.05, 3.63) is 55.1 Å². The van der Waals surface area contributed by atoms with Gasteiger partial charge < -0.3 is 5.32 Å². The van der Waals surface area contributed by atoms with Gasteiger partial charge in [-0.05, 0) is 19.1 Å². The van der Waals surface area contributed by atoms with Crippen molar-refractivity contribution in [3.8, 4) is 11.4 Å². The van der Waals surface area contributed by atoms with E-state index in [1.54, 1.807) is 18.6 Å². The molecule has 0 saturated carbocycles. The molecule has 4 nitrogen and oxygen atoms in total. The highest BCUT2D eigenvalue weighted by Gasteiger charge is 2.14. The Morgan fingerprint density at radius 2 is 2.06 bits per heavy atom. The van der Waals surface area contributed by atoms with E-state index in [1.807, 2.05) is 24.3 Å². The van der Waals surface area contributed by atoms with Gasteiger partial charge in [0, 0.05) is 31.2 Å². The third kappa shape index (κ3) is 2.78. The van der Waals surface area contributed by atoms with Gasteiger partial charge in [-0.25, -0.2) is 0 Å². The zero-order valence-electron chi connectivity index (χ0n) is 10.4. The summed E-state index contributed by atoms with van der Waals surface area (Å²) in [5.74, 6) is 0. The van der Waals surface area contributed by atoms with Gasteiger partial charge >= 0.3 is 0 Å². The van der Waals surface area contributed by atoms with E-state index in [9.17, 15) is 0 Å². The number of aromatic nitrogens is 3. The highest BCUT2D eigenvalue weighted by atomic mass is 14.9. The van der Waals surface area contributed by atoms with Crippen LogP contribution in [0.1, 0.15) is 18.7 Å². The molecule has 0 spiro atoms. The Hall–Kier alpha value is -2.07. The van der Waals surface area contributed by atoms with Gasteiger partial charge in [0.05, 0.1) is 11.4 Å². The average molecular weight is 240 g/mol. The van der Waals surface area contributed by atoms with Gasteiger partial charge in [-0.3, -0.25) is 15.0 Å². The molecule has 2 rings (SSSR count). The molecule has 2 heterocycles. The van der Waals surface area contributed by atoms with E-state index in [0.29, 0.717) is 0 Å². The normalized spacial score (nSPS) is 12.1. The maximum Gasteiger partial charge on any atom is 0.112 e. The fraction of sp³-hybridized carbons (Fsp3) is 0.214. The zero-order valence-corrected chi connectivity index (χ0v) is 10.4. The quantitative estimate of drug-likeness (QED) is 0.815. The minimum Gasteiger partial charge on any atom is -0.305 e. The second-order valence-electron chi connectivity index (χ2n) is 3.92. The fourth-order valence-corrected chi connectivity index (χ4v) is 1.72. The van der Waals surface area contributed by atoms with Crippen molar-refractivity contribution in [1.29, 1.82) is 0 Å². The van der Waals surface area contributed by atoms with Crippen LogP contribution in [0.4, 0.5) is 0 Å². The molecule has 0 saturated heterocycles. The maximum atomic E-state index is 4.41. The van der Waals surface area contributed by atoms with Gasteiger partial charge in [-0.1, -0.05) is 12.1 Å². The summed E-state index contributed by atoms with van der Waals surface area (Å²) in [5.41, 5.74) is 2.56. The van der Waals surface area contributed by atoms with E-state index in [4.69, 9.17) is 0 Å². The first-order valence-corrected chi connectivity index (χ1v) is 5.89. The van der Waals surface area contributed by atoms with Gasteiger partial charge in [-0.2, -0.15) is 0 Å². The van der Waals surface area contributed by atoms with E-state index in [1.165, 1.54) is 0 Å². The molecule has 0 radical (unpaired) electrons. The largest absolute Gasteiger partial charge is 0.305 e. The molecular formula is C14H16N4. The van der Waals surface area contributed by atoms with Crippen molar-refractivity contribution in [3.63, 3.8) is 0 Å². The molecule has 18 heavy (non-hydrogen) atoms. The van der Waals surface area contributed by atoms with Crippen molar-refractivity contribution < 1.29 is 0 Å². The van der Waals surface area contributed by atoms with Crippen LogP contribution in [-0.2, 0) is 0 Å². The van der Waals surface area contributed by atoms with Crippen molar-refractivity contribution in [2.45, 2.75) is 13.0 Å². The van der Waals surface area contributed by atoms with Crippen molar-refractivity contribution in [1.82, 2.24) is 20.3 Å². The van der Waals surface area contributed by atoms with E-state index in [-0.39, 0.29) is 6.04 Å². The Balaban J connectivity index is 2.34. The summed E-state index contributed by atoms with van der Waals surface area (Å²) in [6.07, 6.45) is 6.98. The molecule has 0 aliphatic carbocycles. The van der Waals surface area contributed by atoms with E-state index >= 15 is 0 Å². The third-order valence-corrected chi connectivity index (χ3v) is 2.61. The zero-order chi connectivity index (χ0) is 12.8. The molecule has 4 heteroatoms. The molecule has 1 atom stereocenters. The molecule has 2 aromatic rings. The summed E-state index contributed by atoms with van der Waals surface area (Å²) in [4.78, 5) is 13.1. The van der Waals surface area contributed by atoms with Crippen LogP contribution >= 0.6 is 0 Å². The molecule has 1 unspecified atom stereocenters. The molecular weight excluding hydrogens is 224 g/mol. The van der Waals surface area contributed by atoms with Crippen LogP contribution in [-0.4, -0.2) is 21.5 Å². The Morgan fingerprint density at radius 1 is 1.22 bits per heavy atom. The lowest BCUT2D eigenvalue weighted by atomic mass is 10.1. The predicted molar refractivity (Wildman–Crippen MR) is 71.9 cm³/mol. The maximum absolute atomic E-state index is 4.41. The highest BCUT2D eigenvalue weighted by Crippen LogP contribution is 2.21. The number of pyridine rings is 1. The Labute approximate surface area is 107 Å². The predicted octanol–water partition coefficient (Wildman–Crippen LogP) is 2.38. The molecule has 1 N–H and O–H groups in total.